The van der Waals surface area contributed by atoms with Gasteiger partial charge >= 0.3 is 0 Å². The normalized spacial score (nSPS) is 12.2. The molecule has 0 aliphatic heterocycles. The molecule has 0 aliphatic carbocycles. The first kappa shape index (κ1) is 18.4. The van der Waals surface area contributed by atoms with Crippen molar-refractivity contribution in [3.63, 3.8) is 0 Å². The number of aliphatic hydroxyl groups excluding tert-OH is 1. The molecule has 5 nitrogen and oxygen atoms in total. The topological polar surface area (TPSA) is 64.3 Å². The van der Waals surface area contributed by atoms with Gasteiger partial charge in [-0.25, -0.2) is 4.98 Å². The summed E-state index contributed by atoms with van der Waals surface area (Å²) < 4.78 is 7.14. The predicted octanol–water partition coefficient (Wildman–Crippen LogP) is 3.87. The lowest BCUT2D eigenvalue weighted by atomic mass is 10.1. The molecular formula is C22H20N2O3S. The molecule has 28 heavy (non-hydrogen) atoms. The van der Waals surface area contributed by atoms with E-state index in [4.69, 9.17) is 4.74 Å². The van der Waals surface area contributed by atoms with Gasteiger partial charge in [0.05, 0.1) is 18.3 Å². The molecule has 4 rings (SSSR count). The highest BCUT2D eigenvalue weighted by molar-refractivity contribution is 7.17. The van der Waals surface area contributed by atoms with Gasteiger partial charge in [0.2, 0.25) is 0 Å². The lowest BCUT2D eigenvalue weighted by Gasteiger charge is -2.15. The zero-order valence-electron chi connectivity index (χ0n) is 15.4. The van der Waals surface area contributed by atoms with Crippen LogP contribution >= 0.6 is 11.3 Å². The van der Waals surface area contributed by atoms with Gasteiger partial charge in [-0.1, -0.05) is 48.5 Å². The second-order valence-corrected chi connectivity index (χ2v) is 7.49. The van der Waals surface area contributed by atoms with Gasteiger partial charge in [-0.05, 0) is 24.1 Å². The summed E-state index contributed by atoms with van der Waals surface area (Å²) in [5.74, 6) is 0.728. The SMILES string of the molecule is Cc1ccccc1OC[C@@H](O)Cn1cnc2scc(-c3ccccc3)c2c1=O. The molecule has 0 aliphatic rings. The fourth-order valence-corrected chi connectivity index (χ4v) is 4.02. The van der Waals surface area contributed by atoms with Crippen LogP contribution in [0.1, 0.15) is 5.56 Å². The predicted molar refractivity (Wildman–Crippen MR) is 112 cm³/mol. The van der Waals surface area contributed by atoms with Gasteiger partial charge in [-0.15, -0.1) is 11.3 Å². The smallest absolute Gasteiger partial charge is 0.262 e. The molecule has 0 fully saturated rings. The van der Waals surface area contributed by atoms with E-state index in [0.29, 0.717) is 10.2 Å². The Labute approximate surface area is 166 Å². The molecule has 142 valence electrons. The van der Waals surface area contributed by atoms with E-state index in [0.717, 1.165) is 22.4 Å². The first-order valence-electron chi connectivity index (χ1n) is 9.02. The number of fused-ring (bicyclic) bond motifs is 1. The zero-order chi connectivity index (χ0) is 19.5. The summed E-state index contributed by atoms with van der Waals surface area (Å²) in [6.07, 6.45) is 0.669. The molecule has 1 N–H and O–H groups in total. The fraction of sp³-hybridized carbons (Fsp3) is 0.182. The number of aryl methyl sites for hydroxylation is 1. The van der Waals surface area contributed by atoms with Crippen molar-refractivity contribution < 1.29 is 9.84 Å². The number of aliphatic hydroxyl groups is 1. The van der Waals surface area contributed by atoms with Crippen molar-refractivity contribution in [2.45, 2.75) is 19.6 Å². The number of hydrogen-bond donors (Lipinski definition) is 1. The van der Waals surface area contributed by atoms with Gasteiger partial charge in [0.25, 0.3) is 5.56 Å². The summed E-state index contributed by atoms with van der Waals surface area (Å²) in [5, 5.41) is 12.9. The molecule has 0 bridgehead atoms. The van der Waals surface area contributed by atoms with Crippen LogP contribution in [0.15, 0.2) is 71.1 Å². The number of ether oxygens (including phenoxy) is 1. The van der Waals surface area contributed by atoms with Crippen LogP contribution in [0.5, 0.6) is 5.75 Å². The summed E-state index contributed by atoms with van der Waals surface area (Å²) in [4.78, 5) is 18.1. The molecule has 0 amide bonds. The maximum Gasteiger partial charge on any atom is 0.262 e. The van der Waals surface area contributed by atoms with E-state index in [-0.39, 0.29) is 18.7 Å². The Morgan fingerprint density at radius 2 is 1.89 bits per heavy atom. The Morgan fingerprint density at radius 1 is 1.14 bits per heavy atom. The Balaban J connectivity index is 1.57. The molecule has 1 atom stereocenters. The lowest BCUT2D eigenvalue weighted by molar-refractivity contribution is 0.0911. The Morgan fingerprint density at radius 3 is 2.68 bits per heavy atom. The molecular weight excluding hydrogens is 372 g/mol. The van der Waals surface area contributed by atoms with Crippen LogP contribution in [0.25, 0.3) is 21.3 Å². The molecule has 2 aromatic carbocycles. The minimum absolute atomic E-state index is 0.102. The van der Waals surface area contributed by atoms with Crippen LogP contribution in [0, 0.1) is 6.92 Å². The number of para-hydroxylation sites is 1. The quantitative estimate of drug-likeness (QED) is 0.541. The van der Waals surface area contributed by atoms with Crippen molar-refractivity contribution in [2.75, 3.05) is 6.61 Å². The molecule has 4 aromatic rings. The third kappa shape index (κ3) is 3.69. The van der Waals surface area contributed by atoms with Crippen LogP contribution < -0.4 is 10.3 Å². The van der Waals surface area contributed by atoms with Crippen molar-refractivity contribution in [3.8, 4) is 16.9 Å². The van der Waals surface area contributed by atoms with Crippen molar-refractivity contribution in [3.05, 3.63) is 82.2 Å². The highest BCUT2D eigenvalue weighted by Crippen LogP contribution is 2.30. The van der Waals surface area contributed by atoms with Crippen LogP contribution in [0.4, 0.5) is 0 Å². The average Bonchev–Trinajstić information content (AvgIpc) is 3.15. The molecule has 0 unspecified atom stereocenters. The number of thiophene rings is 1. The van der Waals surface area contributed by atoms with E-state index in [9.17, 15) is 9.90 Å². The van der Waals surface area contributed by atoms with Crippen molar-refractivity contribution in [1.29, 1.82) is 0 Å². The number of nitrogens with zero attached hydrogens (tertiary/aromatic N) is 2. The minimum atomic E-state index is -0.824. The summed E-state index contributed by atoms with van der Waals surface area (Å²) in [5.41, 5.74) is 2.70. The second kappa shape index (κ2) is 7.96. The number of hydrogen-bond acceptors (Lipinski definition) is 5. The monoisotopic (exact) mass is 392 g/mol. The number of aromatic nitrogens is 2. The van der Waals surface area contributed by atoms with Crippen molar-refractivity contribution in [2.24, 2.45) is 0 Å². The van der Waals surface area contributed by atoms with E-state index in [1.54, 1.807) is 0 Å². The summed E-state index contributed by atoms with van der Waals surface area (Å²) in [7, 11) is 0. The highest BCUT2D eigenvalue weighted by Gasteiger charge is 2.15. The standard InChI is InChI=1S/C22H20N2O3S/c1-15-7-5-6-10-19(15)27-12-17(25)11-24-14-23-21-20(22(24)26)18(13-28-21)16-8-3-2-4-9-16/h2-10,13-14,17,25H,11-12H2,1H3/t17-/m0/s1. The first-order valence-corrected chi connectivity index (χ1v) is 9.90. The Bertz CT molecular complexity index is 1150. The molecule has 2 aromatic heterocycles. The van der Waals surface area contributed by atoms with Gasteiger partial charge in [-0.3, -0.25) is 9.36 Å². The average molecular weight is 392 g/mol. The number of rotatable bonds is 6. The Hall–Kier alpha value is -2.96. The number of benzene rings is 2. The molecule has 2 heterocycles. The van der Waals surface area contributed by atoms with E-state index < -0.39 is 6.10 Å². The largest absolute Gasteiger partial charge is 0.491 e. The summed E-state index contributed by atoms with van der Waals surface area (Å²) in [6.45, 7) is 2.17. The van der Waals surface area contributed by atoms with Crippen LogP contribution in [-0.2, 0) is 6.54 Å². The first-order chi connectivity index (χ1) is 13.6. The van der Waals surface area contributed by atoms with E-state index in [1.165, 1.54) is 22.2 Å². The van der Waals surface area contributed by atoms with E-state index in [2.05, 4.69) is 4.98 Å². The zero-order valence-corrected chi connectivity index (χ0v) is 16.2. The summed E-state index contributed by atoms with van der Waals surface area (Å²) >= 11 is 1.45. The van der Waals surface area contributed by atoms with Gasteiger partial charge in [0.1, 0.15) is 23.3 Å². The highest BCUT2D eigenvalue weighted by atomic mass is 32.1. The summed E-state index contributed by atoms with van der Waals surface area (Å²) in [6, 6.07) is 17.4. The third-order valence-electron chi connectivity index (χ3n) is 4.58. The molecule has 0 saturated carbocycles. The van der Waals surface area contributed by atoms with Gasteiger partial charge in [-0.2, -0.15) is 0 Å². The third-order valence-corrected chi connectivity index (χ3v) is 5.46. The van der Waals surface area contributed by atoms with E-state index in [1.807, 2.05) is 66.9 Å². The van der Waals surface area contributed by atoms with Crippen LogP contribution in [-0.4, -0.2) is 27.4 Å². The minimum Gasteiger partial charge on any atom is -0.491 e. The lowest BCUT2D eigenvalue weighted by Crippen LogP contribution is -2.30. The molecule has 6 heteroatoms. The van der Waals surface area contributed by atoms with Crippen LogP contribution in [0.3, 0.4) is 0 Å². The molecule has 0 spiro atoms. The van der Waals surface area contributed by atoms with E-state index >= 15 is 0 Å². The molecule has 0 radical (unpaired) electrons. The molecule has 0 saturated heterocycles. The second-order valence-electron chi connectivity index (χ2n) is 6.63. The maximum absolute atomic E-state index is 13.0. The van der Waals surface area contributed by atoms with Crippen molar-refractivity contribution >= 4 is 21.6 Å². The fourth-order valence-electron chi connectivity index (χ4n) is 3.11. The van der Waals surface area contributed by atoms with Crippen LogP contribution in [0.2, 0.25) is 0 Å². The maximum atomic E-state index is 13.0. The van der Waals surface area contributed by atoms with Gasteiger partial charge in [0, 0.05) is 10.9 Å². The van der Waals surface area contributed by atoms with Crippen molar-refractivity contribution in [1.82, 2.24) is 9.55 Å². The van der Waals surface area contributed by atoms with Gasteiger partial charge in [0.15, 0.2) is 0 Å². The Kier molecular flexibility index (Phi) is 5.23. The van der Waals surface area contributed by atoms with Gasteiger partial charge < -0.3 is 9.84 Å².